The number of aromatic nitrogens is 3. The van der Waals surface area contributed by atoms with E-state index in [0.29, 0.717) is 17.3 Å². The quantitative estimate of drug-likeness (QED) is 0.112. The number of halogens is 1. The van der Waals surface area contributed by atoms with Gasteiger partial charge in [-0.2, -0.15) is 0 Å². The van der Waals surface area contributed by atoms with Gasteiger partial charge in [0.1, 0.15) is 23.5 Å². The van der Waals surface area contributed by atoms with E-state index in [0.717, 1.165) is 59.8 Å². The van der Waals surface area contributed by atoms with Crippen LogP contribution in [0.25, 0.3) is 17.5 Å². The number of imide groups is 2. The lowest BCUT2D eigenvalue weighted by molar-refractivity contribution is -0.136. The van der Waals surface area contributed by atoms with Crippen molar-refractivity contribution in [1.82, 2.24) is 30.1 Å². The Labute approximate surface area is 292 Å². The topological polar surface area (TPSA) is 164 Å². The Kier molecular flexibility index (Phi) is 8.25. The van der Waals surface area contributed by atoms with Crippen LogP contribution in [0.15, 0.2) is 72.9 Å². The maximum Gasteiger partial charge on any atom is 0.262 e. The molecule has 3 aliphatic heterocycles. The third-order valence-corrected chi connectivity index (χ3v) is 10.2. The molecule has 0 radical (unpaired) electrons. The highest BCUT2D eigenvalue weighted by Crippen LogP contribution is 2.39. The lowest BCUT2D eigenvalue weighted by Gasteiger charge is -2.36. The summed E-state index contributed by atoms with van der Waals surface area (Å²) in [6.45, 7) is 0.737. The number of benzene rings is 2. The van der Waals surface area contributed by atoms with Crippen LogP contribution < -0.4 is 10.6 Å². The molecule has 0 bridgehead atoms. The Hall–Kier alpha value is -5.98. The molecule has 258 valence electrons. The molecule has 1 aliphatic carbocycles. The molecule has 13 heteroatoms. The predicted octanol–water partition coefficient (Wildman–Crippen LogP) is 5.20. The van der Waals surface area contributed by atoms with Crippen LogP contribution in [0, 0.1) is 11.2 Å². The average molecular weight is 687 g/mol. The fourth-order valence-electron chi connectivity index (χ4n) is 7.52. The van der Waals surface area contributed by atoms with Crippen molar-refractivity contribution in [3.05, 3.63) is 107 Å². The Balaban J connectivity index is 0.874. The van der Waals surface area contributed by atoms with Gasteiger partial charge in [0.15, 0.2) is 0 Å². The third-order valence-electron chi connectivity index (χ3n) is 10.2. The van der Waals surface area contributed by atoms with E-state index in [1.54, 1.807) is 48.7 Å². The molecule has 51 heavy (non-hydrogen) atoms. The molecule has 4 N–H and O–H groups in total. The minimum Gasteiger partial charge on any atom is -0.382 e. The highest BCUT2D eigenvalue weighted by atomic mass is 19.1. The second-order valence-corrected chi connectivity index (χ2v) is 13.5. The fourth-order valence-corrected chi connectivity index (χ4v) is 7.52. The zero-order valence-electron chi connectivity index (χ0n) is 27.6. The van der Waals surface area contributed by atoms with E-state index < -0.39 is 29.7 Å². The number of amidine groups is 1. The highest BCUT2D eigenvalue weighted by molar-refractivity contribution is 6.23. The number of carbonyl (C=O) groups is 4. The van der Waals surface area contributed by atoms with Gasteiger partial charge in [0.25, 0.3) is 11.8 Å². The zero-order chi connectivity index (χ0) is 35.2. The number of H-pyrrole nitrogens is 1. The van der Waals surface area contributed by atoms with Gasteiger partial charge in [-0.05, 0) is 92.3 Å². The number of fused-ring (bicyclic) bond motifs is 1. The largest absolute Gasteiger partial charge is 0.382 e. The molecular weight excluding hydrogens is 651 g/mol. The maximum absolute atomic E-state index is 13.8. The number of rotatable bonds is 8. The van der Waals surface area contributed by atoms with Gasteiger partial charge >= 0.3 is 0 Å². The summed E-state index contributed by atoms with van der Waals surface area (Å²) < 4.78 is 13.8. The van der Waals surface area contributed by atoms with Crippen LogP contribution in [0.1, 0.15) is 88.3 Å². The van der Waals surface area contributed by atoms with Gasteiger partial charge in [-0.3, -0.25) is 39.8 Å². The molecule has 2 saturated heterocycles. The number of nitrogens with one attached hydrogen (secondary N) is 4. The van der Waals surface area contributed by atoms with Crippen LogP contribution in [-0.2, 0) is 9.59 Å². The standard InChI is InChI=1S/C38H35FN8O4/c39-23-5-1-4-21(16-23)31-8-3-15-46(31)33(40)12-13-34-41-20-30(44-34)29-7-2-6-28(43-29)22-17-25(18-22)42-24-9-10-26-27(19-24)38(51)47(37(26)50)32-11-14-35(48)45-36(32)49/h1-2,4-7,9-10,12-13,16,19-20,22,25,31-32,40,42H,3,8,11,14-15,17-18H2,(H,41,44)(H,45,48,49)/b13-12-,40-33?. The van der Waals surface area contributed by atoms with Crippen molar-refractivity contribution in [1.29, 1.82) is 5.41 Å². The van der Waals surface area contributed by atoms with Gasteiger partial charge in [0, 0.05) is 36.3 Å². The minimum atomic E-state index is -0.997. The number of imidazole rings is 1. The first-order valence-corrected chi connectivity index (χ1v) is 17.1. The number of hydrogen-bond donors (Lipinski definition) is 4. The van der Waals surface area contributed by atoms with E-state index in [1.807, 2.05) is 29.2 Å². The number of piperidine rings is 1. The number of anilines is 1. The summed E-state index contributed by atoms with van der Waals surface area (Å²) in [4.78, 5) is 65.8. The molecule has 4 aromatic rings. The van der Waals surface area contributed by atoms with E-state index >= 15 is 0 Å². The normalized spacial score (nSPS) is 23.1. The van der Waals surface area contributed by atoms with Crippen molar-refractivity contribution in [2.24, 2.45) is 0 Å². The smallest absolute Gasteiger partial charge is 0.262 e. The minimum absolute atomic E-state index is 0.0284. The number of amides is 4. The van der Waals surface area contributed by atoms with Crippen molar-refractivity contribution < 1.29 is 23.6 Å². The Bertz CT molecular complexity index is 2120. The molecule has 2 unspecified atom stereocenters. The summed E-state index contributed by atoms with van der Waals surface area (Å²) in [7, 11) is 0. The number of nitrogens with zero attached hydrogens (tertiary/aromatic N) is 4. The molecule has 2 aromatic carbocycles. The van der Waals surface area contributed by atoms with Gasteiger partial charge < -0.3 is 15.2 Å². The molecule has 12 nitrogen and oxygen atoms in total. The maximum atomic E-state index is 13.8. The first-order valence-electron chi connectivity index (χ1n) is 17.1. The summed E-state index contributed by atoms with van der Waals surface area (Å²) >= 11 is 0. The molecule has 4 aliphatic rings. The van der Waals surface area contributed by atoms with Gasteiger partial charge in [-0.1, -0.05) is 18.2 Å². The van der Waals surface area contributed by atoms with E-state index in [-0.39, 0.29) is 47.8 Å². The first kappa shape index (κ1) is 32.2. The molecule has 8 rings (SSSR count). The van der Waals surface area contributed by atoms with Crippen LogP contribution in [-0.4, -0.2) is 72.8 Å². The lowest BCUT2D eigenvalue weighted by atomic mass is 9.77. The number of aromatic amines is 1. The molecule has 5 heterocycles. The fraction of sp³-hybridized carbons (Fsp3) is 0.289. The molecule has 3 fully saturated rings. The average Bonchev–Trinajstić information content (AvgIpc) is 3.85. The Morgan fingerprint density at radius 2 is 1.78 bits per heavy atom. The number of pyridine rings is 1. The summed E-state index contributed by atoms with van der Waals surface area (Å²) in [5.41, 5.74) is 4.58. The zero-order valence-corrected chi connectivity index (χ0v) is 27.6. The molecule has 1 saturated carbocycles. The third kappa shape index (κ3) is 6.19. The Morgan fingerprint density at radius 3 is 2.61 bits per heavy atom. The van der Waals surface area contributed by atoms with Gasteiger partial charge in [-0.15, -0.1) is 0 Å². The summed E-state index contributed by atoms with van der Waals surface area (Å²) in [5.74, 6) is -1.18. The second-order valence-electron chi connectivity index (χ2n) is 13.5. The van der Waals surface area contributed by atoms with Gasteiger partial charge in [0.05, 0.1) is 34.8 Å². The van der Waals surface area contributed by atoms with Crippen LogP contribution >= 0.6 is 0 Å². The van der Waals surface area contributed by atoms with Crippen molar-refractivity contribution >= 4 is 41.2 Å². The molecule has 4 amide bonds. The summed E-state index contributed by atoms with van der Waals surface area (Å²) in [5, 5.41) is 14.4. The van der Waals surface area contributed by atoms with Crippen molar-refractivity contribution in [2.45, 2.75) is 62.6 Å². The molecule has 2 atom stereocenters. The first-order chi connectivity index (χ1) is 24.7. The lowest BCUT2D eigenvalue weighted by Crippen LogP contribution is -2.54. The SMILES string of the molecule is N=C(/C=C\c1ncc(-c2cccc(C3CC(Nc4ccc5c(c4)C(=O)N(C4CCC(=O)NC4=O)C5=O)C3)n2)[nH]1)N1CCCC1c1cccc(F)c1. The van der Waals surface area contributed by atoms with Crippen molar-refractivity contribution in [3.8, 4) is 11.4 Å². The molecular formula is C38H35FN8O4. The van der Waals surface area contributed by atoms with Crippen molar-refractivity contribution in [2.75, 3.05) is 11.9 Å². The number of hydrogen-bond acceptors (Lipinski definition) is 8. The van der Waals surface area contributed by atoms with E-state index in [2.05, 4.69) is 20.6 Å². The molecule has 2 aromatic heterocycles. The summed E-state index contributed by atoms with van der Waals surface area (Å²) in [6.07, 6.45) is 8.87. The van der Waals surface area contributed by atoms with Gasteiger partial charge in [0.2, 0.25) is 11.8 Å². The van der Waals surface area contributed by atoms with E-state index in [9.17, 15) is 23.6 Å². The van der Waals surface area contributed by atoms with E-state index in [1.165, 1.54) is 6.07 Å². The number of likely N-dealkylation sites (tertiary alicyclic amines) is 1. The van der Waals surface area contributed by atoms with Crippen LogP contribution in [0.2, 0.25) is 0 Å². The monoisotopic (exact) mass is 686 g/mol. The van der Waals surface area contributed by atoms with E-state index in [4.69, 9.17) is 10.4 Å². The van der Waals surface area contributed by atoms with Crippen LogP contribution in [0.3, 0.4) is 0 Å². The van der Waals surface area contributed by atoms with Crippen molar-refractivity contribution in [3.63, 3.8) is 0 Å². The highest BCUT2D eigenvalue weighted by Gasteiger charge is 2.45. The van der Waals surface area contributed by atoms with Crippen LogP contribution in [0.4, 0.5) is 10.1 Å². The number of carbonyl (C=O) groups excluding carboxylic acids is 4. The predicted molar refractivity (Wildman–Crippen MR) is 186 cm³/mol. The molecule has 0 spiro atoms. The van der Waals surface area contributed by atoms with Gasteiger partial charge in [-0.25, -0.2) is 9.37 Å². The van der Waals surface area contributed by atoms with Crippen LogP contribution in [0.5, 0.6) is 0 Å². The second kappa shape index (κ2) is 13.0. The summed E-state index contributed by atoms with van der Waals surface area (Å²) in [6, 6.07) is 16.7. The Morgan fingerprint density at radius 1 is 0.961 bits per heavy atom.